The summed E-state index contributed by atoms with van der Waals surface area (Å²) in [6.07, 6.45) is 1.86. The first kappa shape index (κ1) is 12.9. The maximum absolute atomic E-state index is 5.28. The Morgan fingerprint density at radius 2 is 2.19 bits per heavy atom. The van der Waals surface area contributed by atoms with E-state index in [1.165, 1.54) is 0 Å². The lowest BCUT2D eigenvalue weighted by Crippen LogP contribution is -2.05. The third-order valence-electron chi connectivity index (χ3n) is 2.05. The molecule has 4 heteroatoms. The zero-order valence-electron chi connectivity index (χ0n) is 9.66. The molecule has 0 fully saturated rings. The molecule has 0 spiro atoms. The van der Waals surface area contributed by atoms with Crippen molar-refractivity contribution in [3.8, 4) is 11.5 Å². The number of benzene rings is 1. The lowest BCUT2D eigenvalue weighted by Gasteiger charge is -2.10. The van der Waals surface area contributed by atoms with E-state index in [1.54, 1.807) is 26.2 Å². The third kappa shape index (κ3) is 3.79. The molecule has 1 aromatic rings. The van der Waals surface area contributed by atoms with Crippen molar-refractivity contribution in [2.75, 3.05) is 20.0 Å². The molecule has 3 nitrogen and oxygen atoms in total. The Morgan fingerprint density at radius 1 is 1.38 bits per heavy atom. The van der Waals surface area contributed by atoms with E-state index in [2.05, 4.69) is 11.3 Å². The van der Waals surface area contributed by atoms with Crippen molar-refractivity contribution >= 4 is 11.9 Å². The van der Waals surface area contributed by atoms with Gasteiger partial charge in [0.1, 0.15) is 11.5 Å². The summed E-state index contributed by atoms with van der Waals surface area (Å²) >= 11 is 1.62. The first-order chi connectivity index (χ1) is 7.81. The molecule has 0 bridgehead atoms. The molecule has 1 N–H and O–H groups in total. The van der Waals surface area contributed by atoms with Gasteiger partial charge in [-0.25, -0.2) is 0 Å². The van der Waals surface area contributed by atoms with E-state index < -0.39 is 0 Å². The Hall–Kier alpha value is -1.13. The summed E-state index contributed by atoms with van der Waals surface area (Å²) < 4.78 is 13.7. The van der Waals surface area contributed by atoms with Gasteiger partial charge in [-0.2, -0.15) is 0 Å². The van der Waals surface area contributed by atoms with Gasteiger partial charge in [-0.3, -0.25) is 4.72 Å². The summed E-state index contributed by atoms with van der Waals surface area (Å²) in [5.74, 6) is 2.59. The van der Waals surface area contributed by atoms with Gasteiger partial charge in [-0.15, -0.1) is 6.58 Å². The standard InChI is InChI=1S/C12H17NO2S/c1-4-7-16-13-9-10-8-11(14-2)5-6-12(10)15-3/h4-6,8,13H,1,7,9H2,2-3H3. The minimum atomic E-state index is 0.735. The van der Waals surface area contributed by atoms with Crippen LogP contribution in [0.15, 0.2) is 30.9 Å². The fraction of sp³-hybridized carbons (Fsp3) is 0.333. The molecule has 0 saturated heterocycles. The van der Waals surface area contributed by atoms with E-state index in [-0.39, 0.29) is 0 Å². The SMILES string of the molecule is C=CCSNCc1cc(OC)ccc1OC. The van der Waals surface area contributed by atoms with Crippen LogP contribution in [-0.2, 0) is 6.54 Å². The van der Waals surface area contributed by atoms with Crippen LogP contribution in [-0.4, -0.2) is 20.0 Å². The van der Waals surface area contributed by atoms with Crippen LogP contribution in [0.2, 0.25) is 0 Å². The maximum Gasteiger partial charge on any atom is 0.123 e. The smallest absolute Gasteiger partial charge is 0.123 e. The van der Waals surface area contributed by atoms with Gasteiger partial charge in [0.05, 0.1) is 14.2 Å². The summed E-state index contributed by atoms with van der Waals surface area (Å²) in [4.78, 5) is 0. The first-order valence-electron chi connectivity index (χ1n) is 4.98. The highest BCUT2D eigenvalue weighted by molar-refractivity contribution is 7.97. The van der Waals surface area contributed by atoms with Crippen LogP contribution in [0.4, 0.5) is 0 Å². The molecule has 1 aromatic carbocycles. The van der Waals surface area contributed by atoms with Gasteiger partial charge in [0.25, 0.3) is 0 Å². The van der Waals surface area contributed by atoms with E-state index in [1.807, 2.05) is 24.3 Å². The molecule has 0 aliphatic heterocycles. The highest BCUT2D eigenvalue weighted by Gasteiger charge is 2.04. The predicted molar refractivity (Wildman–Crippen MR) is 69.0 cm³/mol. The lowest BCUT2D eigenvalue weighted by atomic mass is 10.2. The number of hydrogen-bond donors (Lipinski definition) is 1. The molecule has 0 saturated carbocycles. The second-order valence-corrected chi connectivity index (χ2v) is 4.01. The highest BCUT2D eigenvalue weighted by atomic mass is 32.2. The van der Waals surface area contributed by atoms with Crippen molar-refractivity contribution in [1.29, 1.82) is 0 Å². The molecule has 16 heavy (non-hydrogen) atoms. The van der Waals surface area contributed by atoms with Gasteiger partial charge in [0, 0.05) is 17.9 Å². The van der Waals surface area contributed by atoms with Crippen molar-refractivity contribution in [2.24, 2.45) is 0 Å². The van der Waals surface area contributed by atoms with Gasteiger partial charge < -0.3 is 9.47 Å². The highest BCUT2D eigenvalue weighted by Crippen LogP contribution is 2.24. The average Bonchev–Trinajstić information content (AvgIpc) is 2.34. The summed E-state index contributed by atoms with van der Waals surface area (Å²) in [6.45, 7) is 4.40. The van der Waals surface area contributed by atoms with Gasteiger partial charge in [-0.05, 0) is 18.2 Å². The molecule has 0 aliphatic rings. The van der Waals surface area contributed by atoms with Crippen LogP contribution in [0.25, 0.3) is 0 Å². The molecule has 0 aromatic heterocycles. The molecular weight excluding hydrogens is 222 g/mol. The molecule has 0 atom stereocenters. The molecule has 1 rings (SSSR count). The average molecular weight is 239 g/mol. The Morgan fingerprint density at radius 3 is 2.81 bits per heavy atom. The zero-order valence-corrected chi connectivity index (χ0v) is 10.5. The summed E-state index contributed by atoms with van der Waals surface area (Å²) in [5, 5.41) is 0. The largest absolute Gasteiger partial charge is 0.497 e. The van der Waals surface area contributed by atoms with Crippen LogP contribution in [0.1, 0.15) is 5.56 Å². The van der Waals surface area contributed by atoms with Crippen molar-refractivity contribution in [2.45, 2.75) is 6.54 Å². The van der Waals surface area contributed by atoms with E-state index >= 15 is 0 Å². The van der Waals surface area contributed by atoms with E-state index in [4.69, 9.17) is 9.47 Å². The Kier molecular flexibility index (Phi) is 5.82. The molecular formula is C12H17NO2S. The van der Waals surface area contributed by atoms with Crippen LogP contribution in [0.5, 0.6) is 11.5 Å². The van der Waals surface area contributed by atoms with Crippen molar-refractivity contribution in [1.82, 2.24) is 4.72 Å². The van der Waals surface area contributed by atoms with Crippen LogP contribution >= 0.6 is 11.9 Å². The first-order valence-corrected chi connectivity index (χ1v) is 5.96. The monoisotopic (exact) mass is 239 g/mol. The van der Waals surface area contributed by atoms with Gasteiger partial charge in [0.2, 0.25) is 0 Å². The van der Waals surface area contributed by atoms with Crippen LogP contribution in [0, 0.1) is 0 Å². The number of methoxy groups -OCH3 is 2. The van der Waals surface area contributed by atoms with Gasteiger partial charge >= 0.3 is 0 Å². The molecule has 0 radical (unpaired) electrons. The summed E-state index contributed by atoms with van der Waals surface area (Å²) in [5.41, 5.74) is 1.08. The molecule has 0 aliphatic carbocycles. The zero-order chi connectivity index (χ0) is 11.8. The van der Waals surface area contributed by atoms with E-state index in [9.17, 15) is 0 Å². The van der Waals surface area contributed by atoms with E-state index in [0.717, 1.165) is 29.4 Å². The van der Waals surface area contributed by atoms with Gasteiger partial charge in [-0.1, -0.05) is 18.0 Å². The minimum absolute atomic E-state index is 0.735. The number of rotatable bonds is 7. The number of nitrogens with one attached hydrogen (secondary N) is 1. The molecule has 88 valence electrons. The third-order valence-corrected chi connectivity index (χ3v) is 2.80. The van der Waals surface area contributed by atoms with Crippen molar-refractivity contribution < 1.29 is 9.47 Å². The van der Waals surface area contributed by atoms with Crippen LogP contribution < -0.4 is 14.2 Å². The van der Waals surface area contributed by atoms with Crippen LogP contribution in [0.3, 0.4) is 0 Å². The van der Waals surface area contributed by atoms with Crippen molar-refractivity contribution in [3.05, 3.63) is 36.4 Å². The summed E-state index contributed by atoms with van der Waals surface area (Å²) in [7, 11) is 3.33. The quantitative estimate of drug-likeness (QED) is 0.450. The molecule has 0 unspecified atom stereocenters. The Bertz CT molecular complexity index is 342. The molecule has 0 amide bonds. The lowest BCUT2D eigenvalue weighted by molar-refractivity contribution is 0.398. The Labute approximate surface area is 101 Å². The maximum atomic E-state index is 5.28. The van der Waals surface area contributed by atoms with Crippen molar-refractivity contribution in [3.63, 3.8) is 0 Å². The summed E-state index contributed by atoms with van der Waals surface area (Å²) in [6, 6.07) is 5.77. The Balaban J connectivity index is 2.63. The topological polar surface area (TPSA) is 30.5 Å². The predicted octanol–water partition coefficient (Wildman–Crippen LogP) is 2.63. The fourth-order valence-corrected chi connectivity index (χ4v) is 1.76. The fourth-order valence-electron chi connectivity index (χ4n) is 1.27. The number of hydrogen-bond acceptors (Lipinski definition) is 4. The normalized spacial score (nSPS) is 9.88. The van der Waals surface area contributed by atoms with Gasteiger partial charge in [0.15, 0.2) is 0 Å². The molecule has 0 heterocycles. The number of ether oxygens (including phenoxy) is 2. The second-order valence-electron chi connectivity index (χ2n) is 3.10. The second kappa shape index (κ2) is 7.19. The van der Waals surface area contributed by atoms with E-state index in [0.29, 0.717) is 0 Å². The minimum Gasteiger partial charge on any atom is -0.497 e.